The van der Waals surface area contributed by atoms with Gasteiger partial charge >= 0.3 is 0 Å². The first-order valence-corrected chi connectivity index (χ1v) is 12.6. The fraction of sp³-hybridized carbons (Fsp3) is 0.409. The van der Waals surface area contributed by atoms with E-state index in [2.05, 4.69) is 36.2 Å². The largest absolute Gasteiger partial charge is 0.369 e. The lowest BCUT2D eigenvalue weighted by Gasteiger charge is -2.36. The minimum absolute atomic E-state index is 0.0714. The van der Waals surface area contributed by atoms with Gasteiger partial charge < -0.3 is 10.2 Å². The van der Waals surface area contributed by atoms with Crippen molar-refractivity contribution in [3.8, 4) is 0 Å². The minimum Gasteiger partial charge on any atom is -0.369 e. The standard InChI is InChI=1S/C22H27N3O3S2/c1-15-5-4-6-20(17(15)3)24-9-11-25(12-10-24)30(27,28)18-7-8-21-19(13-18)23-22(26)16(2)14-29-21/h4-8,13,16H,9-12,14H2,1-3H3,(H,23,26)/t16-/m1/s1. The van der Waals surface area contributed by atoms with Crippen molar-refractivity contribution in [2.75, 3.05) is 42.1 Å². The molecule has 0 unspecified atom stereocenters. The van der Waals surface area contributed by atoms with Crippen LogP contribution in [0.1, 0.15) is 18.1 Å². The number of hydrogen-bond acceptors (Lipinski definition) is 5. The Hall–Kier alpha value is -2.03. The number of nitrogens with one attached hydrogen (secondary N) is 1. The molecular weight excluding hydrogens is 418 g/mol. The highest BCUT2D eigenvalue weighted by Crippen LogP contribution is 2.35. The number of aryl methyl sites for hydroxylation is 1. The molecule has 1 atom stereocenters. The lowest BCUT2D eigenvalue weighted by molar-refractivity contribution is -0.118. The third-order valence-electron chi connectivity index (χ3n) is 5.94. The van der Waals surface area contributed by atoms with E-state index in [0.717, 1.165) is 4.90 Å². The SMILES string of the molecule is Cc1cccc(N2CCN(S(=O)(=O)c3ccc4c(c3)NC(=O)[C@H](C)CS4)CC2)c1C. The van der Waals surface area contributed by atoms with Crippen molar-refractivity contribution in [1.29, 1.82) is 0 Å². The molecule has 0 saturated carbocycles. The molecule has 2 heterocycles. The number of rotatable bonds is 3. The molecule has 2 aliphatic rings. The summed E-state index contributed by atoms with van der Waals surface area (Å²) in [5.41, 5.74) is 4.24. The van der Waals surface area contributed by atoms with Gasteiger partial charge in [0.05, 0.1) is 10.6 Å². The van der Waals surface area contributed by atoms with E-state index in [4.69, 9.17) is 0 Å². The molecule has 2 aromatic carbocycles. The first-order chi connectivity index (χ1) is 14.3. The van der Waals surface area contributed by atoms with E-state index in [0.29, 0.717) is 37.6 Å². The van der Waals surface area contributed by atoms with Crippen LogP contribution < -0.4 is 10.2 Å². The van der Waals surface area contributed by atoms with Gasteiger partial charge in [-0.3, -0.25) is 4.79 Å². The van der Waals surface area contributed by atoms with Gasteiger partial charge in [-0.25, -0.2) is 8.42 Å². The van der Waals surface area contributed by atoms with Crippen LogP contribution in [-0.4, -0.2) is 50.6 Å². The van der Waals surface area contributed by atoms with Crippen LogP contribution in [0, 0.1) is 19.8 Å². The maximum Gasteiger partial charge on any atom is 0.243 e. The van der Waals surface area contributed by atoms with Gasteiger partial charge in [0, 0.05) is 48.4 Å². The van der Waals surface area contributed by atoms with Gasteiger partial charge in [-0.2, -0.15) is 4.31 Å². The summed E-state index contributed by atoms with van der Waals surface area (Å²) in [6, 6.07) is 11.3. The van der Waals surface area contributed by atoms with Gasteiger partial charge in [0.25, 0.3) is 0 Å². The van der Waals surface area contributed by atoms with Crippen LogP contribution in [0.4, 0.5) is 11.4 Å². The zero-order valence-corrected chi connectivity index (χ0v) is 19.1. The topological polar surface area (TPSA) is 69.7 Å². The average molecular weight is 446 g/mol. The number of benzene rings is 2. The monoisotopic (exact) mass is 445 g/mol. The highest BCUT2D eigenvalue weighted by molar-refractivity contribution is 7.99. The lowest BCUT2D eigenvalue weighted by Crippen LogP contribution is -2.48. The fourth-order valence-corrected chi connectivity index (χ4v) is 6.30. The number of hydrogen-bond donors (Lipinski definition) is 1. The van der Waals surface area contributed by atoms with E-state index in [1.165, 1.54) is 16.8 Å². The van der Waals surface area contributed by atoms with Crippen LogP contribution in [0.25, 0.3) is 0 Å². The van der Waals surface area contributed by atoms with Crippen molar-refractivity contribution >= 4 is 39.1 Å². The number of fused-ring (bicyclic) bond motifs is 1. The number of amides is 1. The summed E-state index contributed by atoms with van der Waals surface area (Å²) in [5, 5.41) is 2.88. The second kappa shape index (κ2) is 8.24. The highest BCUT2D eigenvalue weighted by atomic mass is 32.2. The lowest BCUT2D eigenvalue weighted by atomic mass is 10.1. The van der Waals surface area contributed by atoms with E-state index >= 15 is 0 Å². The molecule has 0 aromatic heterocycles. The maximum absolute atomic E-state index is 13.3. The van der Waals surface area contributed by atoms with Gasteiger partial charge in [-0.1, -0.05) is 19.1 Å². The maximum atomic E-state index is 13.3. The summed E-state index contributed by atoms with van der Waals surface area (Å²) < 4.78 is 28.1. The van der Waals surface area contributed by atoms with E-state index in [9.17, 15) is 13.2 Å². The predicted octanol–water partition coefficient (Wildman–Crippen LogP) is 3.49. The third kappa shape index (κ3) is 3.96. The summed E-state index contributed by atoms with van der Waals surface area (Å²) in [4.78, 5) is 15.6. The molecule has 1 fully saturated rings. The fourth-order valence-electron chi connectivity index (χ4n) is 3.84. The normalized spacial score (nSPS) is 20.4. The van der Waals surface area contributed by atoms with Gasteiger partial charge in [-0.15, -0.1) is 11.8 Å². The molecule has 1 amide bonds. The third-order valence-corrected chi connectivity index (χ3v) is 9.17. The molecule has 0 bridgehead atoms. The van der Waals surface area contributed by atoms with Crippen molar-refractivity contribution in [3.63, 3.8) is 0 Å². The molecule has 4 rings (SSSR count). The number of carbonyl (C=O) groups excluding carboxylic acids is 1. The molecule has 0 radical (unpaired) electrons. The molecule has 2 aromatic rings. The molecular formula is C22H27N3O3S2. The van der Waals surface area contributed by atoms with Crippen LogP contribution in [0.5, 0.6) is 0 Å². The molecule has 30 heavy (non-hydrogen) atoms. The highest BCUT2D eigenvalue weighted by Gasteiger charge is 2.30. The van der Waals surface area contributed by atoms with E-state index in [1.807, 2.05) is 13.0 Å². The summed E-state index contributed by atoms with van der Waals surface area (Å²) in [7, 11) is -3.62. The van der Waals surface area contributed by atoms with Crippen molar-refractivity contribution < 1.29 is 13.2 Å². The van der Waals surface area contributed by atoms with E-state index in [1.54, 1.807) is 34.3 Å². The van der Waals surface area contributed by atoms with Crippen LogP contribution in [-0.2, 0) is 14.8 Å². The zero-order valence-electron chi connectivity index (χ0n) is 17.5. The second-order valence-corrected chi connectivity index (χ2v) is 11.0. The van der Waals surface area contributed by atoms with Crippen LogP contribution in [0.15, 0.2) is 46.2 Å². The Morgan fingerprint density at radius 3 is 2.53 bits per heavy atom. The van der Waals surface area contributed by atoms with Crippen LogP contribution in [0.2, 0.25) is 0 Å². The quantitative estimate of drug-likeness (QED) is 0.783. The smallest absolute Gasteiger partial charge is 0.243 e. The predicted molar refractivity (Wildman–Crippen MR) is 122 cm³/mol. The van der Waals surface area contributed by atoms with Gasteiger partial charge in [0.15, 0.2) is 0 Å². The van der Waals surface area contributed by atoms with Crippen LogP contribution in [0.3, 0.4) is 0 Å². The van der Waals surface area contributed by atoms with Crippen molar-refractivity contribution in [1.82, 2.24) is 4.31 Å². The molecule has 1 saturated heterocycles. The van der Waals surface area contributed by atoms with E-state index in [-0.39, 0.29) is 16.7 Å². The Morgan fingerprint density at radius 2 is 1.80 bits per heavy atom. The first-order valence-electron chi connectivity index (χ1n) is 10.2. The zero-order chi connectivity index (χ0) is 21.5. The van der Waals surface area contributed by atoms with Crippen molar-refractivity contribution in [2.24, 2.45) is 5.92 Å². The van der Waals surface area contributed by atoms with Crippen molar-refractivity contribution in [3.05, 3.63) is 47.5 Å². The molecule has 8 heteroatoms. The summed E-state index contributed by atoms with van der Waals surface area (Å²) in [6.07, 6.45) is 0. The summed E-state index contributed by atoms with van der Waals surface area (Å²) >= 11 is 1.58. The second-order valence-electron chi connectivity index (χ2n) is 7.97. The Morgan fingerprint density at radius 1 is 1.07 bits per heavy atom. The molecule has 0 spiro atoms. The molecule has 6 nitrogen and oxygen atoms in total. The number of thioether (sulfide) groups is 1. The average Bonchev–Trinajstić information content (AvgIpc) is 2.88. The first kappa shape index (κ1) is 21.2. The summed E-state index contributed by atoms with van der Waals surface area (Å²) in [6.45, 7) is 8.25. The Kier molecular flexibility index (Phi) is 5.83. The summed E-state index contributed by atoms with van der Waals surface area (Å²) in [5.74, 6) is 0.504. The van der Waals surface area contributed by atoms with Gasteiger partial charge in [-0.05, 0) is 49.2 Å². The van der Waals surface area contributed by atoms with Gasteiger partial charge in [0.1, 0.15) is 0 Å². The minimum atomic E-state index is -3.62. The van der Waals surface area contributed by atoms with Gasteiger partial charge in [0.2, 0.25) is 15.9 Å². The molecule has 2 aliphatic heterocycles. The molecule has 1 N–H and O–H groups in total. The Labute approximate surface area is 182 Å². The molecule has 160 valence electrons. The van der Waals surface area contributed by atoms with Crippen LogP contribution >= 0.6 is 11.8 Å². The Bertz CT molecular complexity index is 1080. The Balaban J connectivity index is 1.52. The number of sulfonamides is 1. The van der Waals surface area contributed by atoms with E-state index < -0.39 is 10.0 Å². The number of piperazine rings is 1. The number of anilines is 2. The number of carbonyl (C=O) groups is 1. The number of nitrogens with zero attached hydrogens (tertiary/aromatic N) is 2. The van der Waals surface area contributed by atoms with Crippen molar-refractivity contribution in [2.45, 2.75) is 30.6 Å². The molecule has 0 aliphatic carbocycles.